The van der Waals surface area contributed by atoms with Crippen LogP contribution in [0, 0.1) is 17.8 Å². The number of pyridine rings is 1. The zero-order chi connectivity index (χ0) is 27.9. The molecule has 3 aromatic rings. The molecule has 216 valence electrons. The fourth-order valence-electron chi connectivity index (χ4n) is 7.75. The number of likely N-dealkylation sites (tertiary alicyclic amines) is 1. The van der Waals surface area contributed by atoms with Crippen LogP contribution in [-0.2, 0) is 11.2 Å². The monoisotopic (exact) mass is 555 g/mol. The second kappa shape index (κ2) is 11.1. The van der Waals surface area contributed by atoms with Crippen molar-refractivity contribution < 1.29 is 9.84 Å². The van der Waals surface area contributed by atoms with Crippen molar-refractivity contribution in [1.82, 2.24) is 20.1 Å². The van der Waals surface area contributed by atoms with Gasteiger partial charge in [-0.1, -0.05) is 19.1 Å². The maximum Gasteiger partial charge on any atom is 0.169 e. The summed E-state index contributed by atoms with van der Waals surface area (Å²) in [5.74, 6) is 2.75. The van der Waals surface area contributed by atoms with Crippen LogP contribution in [0.1, 0.15) is 31.9 Å². The van der Waals surface area contributed by atoms with E-state index in [-0.39, 0.29) is 5.75 Å². The van der Waals surface area contributed by atoms with Gasteiger partial charge < -0.3 is 30.3 Å². The summed E-state index contributed by atoms with van der Waals surface area (Å²) < 4.78 is 5.71. The van der Waals surface area contributed by atoms with Gasteiger partial charge in [-0.2, -0.15) is 0 Å². The number of anilines is 3. The van der Waals surface area contributed by atoms with Gasteiger partial charge in [0, 0.05) is 68.0 Å². The van der Waals surface area contributed by atoms with E-state index in [0.717, 1.165) is 69.6 Å². The first-order valence-corrected chi connectivity index (χ1v) is 15.2. The second-order valence-corrected chi connectivity index (χ2v) is 12.5. The molecule has 0 amide bonds. The minimum Gasteiger partial charge on any atom is -0.507 e. The predicted octanol–water partition coefficient (Wildman–Crippen LogP) is 3.83. The average molecular weight is 556 g/mol. The van der Waals surface area contributed by atoms with Crippen molar-refractivity contribution in [2.24, 2.45) is 17.8 Å². The number of fused-ring (bicyclic) bond motifs is 3. The van der Waals surface area contributed by atoms with E-state index in [1.807, 2.05) is 30.5 Å². The van der Waals surface area contributed by atoms with E-state index in [9.17, 15) is 5.11 Å². The molecule has 6 heterocycles. The molecule has 2 aromatic heterocycles. The lowest BCUT2D eigenvalue weighted by molar-refractivity contribution is 0.0370. The summed E-state index contributed by atoms with van der Waals surface area (Å²) in [5, 5.41) is 18.9. The number of aromatic nitrogens is 3. The zero-order valence-corrected chi connectivity index (χ0v) is 23.9. The highest BCUT2D eigenvalue weighted by atomic mass is 16.5. The number of phenolic OH excluding ortho intramolecular Hbond substituents is 1. The SMILES string of the molecule is C[C@@H]1CC2CN(c3cc(-c4ccccc4O)nnc3N)CC1N2c1ccnc(CCCN2CC3CCOCC3C2)c1. The van der Waals surface area contributed by atoms with Crippen LogP contribution in [-0.4, -0.2) is 83.2 Å². The summed E-state index contributed by atoms with van der Waals surface area (Å²) in [6.45, 7) is 9.55. The number of hydrogen-bond donors (Lipinski definition) is 2. The first-order valence-electron chi connectivity index (χ1n) is 15.2. The fraction of sp³-hybridized carbons (Fsp3) is 0.531. The molecule has 4 aliphatic rings. The summed E-state index contributed by atoms with van der Waals surface area (Å²) in [6, 6.07) is 14.5. The minimum atomic E-state index is 0.192. The smallest absolute Gasteiger partial charge is 0.169 e. The van der Waals surface area contributed by atoms with Crippen LogP contribution in [0.5, 0.6) is 5.75 Å². The third-order valence-electron chi connectivity index (χ3n) is 9.83. The molecule has 3 N–H and O–H groups in total. The van der Waals surface area contributed by atoms with E-state index < -0.39 is 0 Å². The second-order valence-electron chi connectivity index (χ2n) is 12.5. The van der Waals surface area contributed by atoms with Crippen molar-refractivity contribution in [3.8, 4) is 17.0 Å². The van der Waals surface area contributed by atoms with Gasteiger partial charge in [-0.05, 0) is 80.3 Å². The van der Waals surface area contributed by atoms with Gasteiger partial charge in [0.15, 0.2) is 5.82 Å². The van der Waals surface area contributed by atoms with E-state index in [2.05, 4.69) is 44.0 Å². The summed E-state index contributed by atoms with van der Waals surface area (Å²) >= 11 is 0. The molecule has 0 radical (unpaired) electrons. The van der Waals surface area contributed by atoms with Gasteiger partial charge in [-0.3, -0.25) is 4.98 Å². The average Bonchev–Trinajstić information content (AvgIpc) is 3.48. The number of ether oxygens (including phenoxy) is 1. The molecular formula is C32H41N7O2. The number of aryl methyl sites for hydroxylation is 1. The zero-order valence-electron chi connectivity index (χ0n) is 23.9. The molecule has 7 rings (SSSR count). The molecule has 4 saturated heterocycles. The molecule has 0 spiro atoms. The highest BCUT2D eigenvalue weighted by Gasteiger charge is 2.45. The molecule has 2 bridgehead atoms. The highest BCUT2D eigenvalue weighted by molar-refractivity contribution is 5.74. The Hall–Kier alpha value is -3.43. The molecule has 9 nitrogen and oxygen atoms in total. The van der Waals surface area contributed by atoms with Crippen molar-refractivity contribution in [2.75, 3.05) is 61.5 Å². The third kappa shape index (κ3) is 5.21. The predicted molar refractivity (Wildman–Crippen MR) is 161 cm³/mol. The Morgan fingerprint density at radius 2 is 1.93 bits per heavy atom. The van der Waals surface area contributed by atoms with Crippen molar-refractivity contribution in [3.63, 3.8) is 0 Å². The molecule has 5 atom stereocenters. The van der Waals surface area contributed by atoms with Crippen LogP contribution in [0.25, 0.3) is 11.3 Å². The Morgan fingerprint density at radius 1 is 1.05 bits per heavy atom. The van der Waals surface area contributed by atoms with Gasteiger partial charge in [0.05, 0.1) is 18.0 Å². The molecular weight excluding hydrogens is 514 g/mol. The molecule has 9 heteroatoms. The lowest BCUT2D eigenvalue weighted by Gasteiger charge is -2.44. The van der Waals surface area contributed by atoms with Crippen molar-refractivity contribution >= 4 is 17.2 Å². The van der Waals surface area contributed by atoms with Crippen LogP contribution >= 0.6 is 0 Å². The Morgan fingerprint density at radius 3 is 2.78 bits per heavy atom. The largest absolute Gasteiger partial charge is 0.507 e. The number of rotatable bonds is 7. The molecule has 4 fully saturated rings. The van der Waals surface area contributed by atoms with Gasteiger partial charge in [0.25, 0.3) is 0 Å². The number of aromatic hydroxyl groups is 1. The Kier molecular flexibility index (Phi) is 7.16. The summed E-state index contributed by atoms with van der Waals surface area (Å²) in [6.07, 6.45) is 6.51. The van der Waals surface area contributed by atoms with Gasteiger partial charge in [-0.15, -0.1) is 10.2 Å². The number of phenols is 1. The van der Waals surface area contributed by atoms with E-state index in [0.29, 0.717) is 35.1 Å². The summed E-state index contributed by atoms with van der Waals surface area (Å²) in [4.78, 5) is 12.4. The summed E-state index contributed by atoms with van der Waals surface area (Å²) in [7, 11) is 0. The van der Waals surface area contributed by atoms with Crippen LogP contribution in [0.3, 0.4) is 0 Å². The maximum absolute atomic E-state index is 10.4. The van der Waals surface area contributed by atoms with Crippen LogP contribution < -0.4 is 15.5 Å². The Balaban J connectivity index is 1.03. The number of benzene rings is 1. The molecule has 41 heavy (non-hydrogen) atoms. The Labute approximate surface area is 242 Å². The molecule has 1 aromatic carbocycles. The Bertz CT molecular complexity index is 1370. The molecule has 0 aliphatic carbocycles. The molecule has 0 saturated carbocycles. The number of nitrogens with zero attached hydrogens (tertiary/aromatic N) is 6. The van der Waals surface area contributed by atoms with Crippen molar-refractivity contribution in [2.45, 2.75) is 44.7 Å². The number of piperazine rings is 1. The normalized spacial score (nSPS) is 27.8. The lowest BCUT2D eigenvalue weighted by atomic mass is 9.92. The molecule has 4 unspecified atom stereocenters. The number of nitrogens with two attached hydrogens (primary N) is 1. The quantitative estimate of drug-likeness (QED) is 0.450. The topological polar surface area (TPSA) is 104 Å². The van der Waals surface area contributed by atoms with E-state index >= 15 is 0 Å². The van der Waals surface area contributed by atoms with Gasteiger partial charge >= 0.3 is 0 Å². The van der Waals surface area contributed by atoms with E-state index in [1.54, 1.807) is 6.07 Å². The van der Waals surface area contributed by atoms with Gasteiger partial charge in [0.2, 0.25) is 0 Å². The van der Waals surface area contributed by atoms with E-state index in [4.69, 9.17) is 15.5 Å². The standard InChI is InChI=1S/C32H41N7O2/c1-21-13-26-18-38(29-15-28(35-36-32(29)33)27-6-2-3-7-31(27)40)19-30(21)39(26)25-8-10-34-24(14-25)5-4-11-37-16-22-9-12-41-20-23(22)17-37/h2-3,6-8,10,14-15,21-23,26,30,40H,4-5,9,11-13,16-20H2,1H3,(H2,33,36)/t21-,22?,23?,26?,30?/m1/s1. The van der Waals surface area contributed by atoms with Crippen molar-refractivity contribution in [1.29, 1.82) is 0 Å². The van der Waals surface area contributed by atoms with Crippen LogP contribution in [0.2, 0.25) is 0 Å². The van der Waals surface area contributed by atoms with Crippen LogP contribution in [0.4, 0.5) is 17.2 Å². The van der Waals surface area contributed by atoms with E-state index in [1.165, 1.54) is 30.9 Å². The van der Waals surface area contributed by atoms with Gasteiger partial charge in [0.1, 0.15) is 5.75 Å². The first-order chi connectivity index (χ1) is 20.0. The number of hydrogen-bond acceptors (Lipinski definition) is 9. The maximum atomic E-state index is 10.4. The van der Waals surface area contributed by atoms with Gasteiger partial charge in [-0.25, -0.2) is 0 Å². The first kappa shape index (κ1) is 26.5. The number of nitrogen functional groups attached to an aromatic ring is 1. The third-order valence-corrected chi connectivity index (χ3v) is 9.83. The molecule has 4 aliphatic heterocycles. The number of para-hydroxylation sites is 1. The van der Waals surface area contributed by atoms with Crippen molar-refractivity contribution in [3.05, 3.63) is 54.4 Å². The van der Waals surface area contributed by atoms with Crippen LogP contribution in [0.15, 0.2) is 48.7 Å². The highest BCUT2D eigenvalue weighted by Crippen LogP contribution is 2.41. The summed E-state index contributed by atoms with van der Waals surface area (Å²) in [5.41, 5.74) is 11.0. The lowest BCUT2D eigenvalue weighted by Crippen LogP contribution is -2.55. The minimum absolute atomic E-state index is 0.192. The fourth-order valence-corrected chi connectivity index (χ4v) is 7.75.